The van der Waals surface area contributed by atoms with E-state index in [4.69, 9.17) is 16.4 Å². The van der Waals surface area contributed by atoms with E-state index in [1.807, 2.05) is 0 Å². The summed E-state index contributed by atoms with van der Waals surface area (Å²) in [6.45, 7) is 0. The molecule has 0 amide bonds. The average Bonchev–Trinajstić information content (AvgIpc) is 2.40. The van der Waals surface area contributed by atoms with Gasteiger partial charge in [0.05, 0.1) is 18.4 Å². The van der Waals surface area contributed by atoms with Gasteiger partial charge in [-0.05, 0) is 18.2 Å². The van der Waals surface area contributed by atoms with Gasteiger partial charge in [0.1, 0.15) is 11.9 Å². The number of ether oxygens (including phenoxy) is 1. The Labute approximate surface area is 108 Å². The summed E-state index contributed by atoms with van der Waals surface area (Å²) in [5, 5.41) is 19.2. The molecule has 1 aromatic rings. The van der Waals surface area contributed by atoms with Crippen LogP contribution in [0, 0.1) is 22.6 Å². The molecule has 1 aromatic carbocycles. The summed E-state index contributed by atoms with van der Waals surface area (Å²) in [4.78, 5) is 11.3. The Balaban J connectivity index is 3.02. The van der Waals surface area contributed by atoms with Crippen molar-refractivity contribution in [1.82, 2.24) is 0 Å². The molecule has 0 aliphatic rings. The van der Waals surface area contributed by atoms with Gasteiger partial charge in [-0.1, -0.05) is 0 Å². The summed E-state index contributed by atoms with van der Waals surface area (Å²) in [5.74, 6) is -2.09. The molecule has 0 aliphatic carbocycles. The molecule has 0 aromatic heterocycles. The van der Waals surface area contributed by atoms with Crippen molar-refractivity contribution in [3.05, 3.63) is 29.6 Å². The molecule has 0 fully saturated rings. The Bertz CT molecular complexity index is 591. The van der Waals surface area contributed by atoms with Crippen LogP contribution in [0.25, 0.3) is 0 Å². The number of halogens is 1. The second-order valence-electron chi connectivity index (χ2n) is 3.28. The lowest BCUT2D eigenvalue weighted by Gasteiger charge is -2.05. The van der Waals surface area contributed by atoms with E-state index < -0.39 is 17.6 Å². The highest BCUT2D eigenvalue weighted by molar-refractivity contribution is 6.45. The molecule has 19 heavy (non-hydrogen) atoms. The van der Waals surface area contributed by atoms with Crippen LogP contribution >= 0.6 is 0 Å². The normalized spacial score (nSPS) is 10.5. The number of nitriles is 1. The Morgan fingerprint density at radius 3 is 2.84 bits per heavy atom. The Morgan fingerprint density at radius 1 is 1.63 bits per heavy atom. The minimum absolute atomic E-state index is 0.246. The van der Waals surface area contributed by atoms with Gasteiger partial charge in [0.2, 0.25) is 5.71 Å². The lowest BCUT2D eigenvalue weighted by molar-refractivity contribution is 0.0595. The highest BCUT2D eigenvalue weighted by Crippen LogP contribution is 2.15. The monoisotopic (exact) mass is 263 g/mol. The van der Waals surface area contributed by atoms with Crippen molar-refractivity contribution in [2.75, 3.05) is 12.5 Å². The van der Waals surface area contributed by atoms with E-state index in [0.717, 1.165) is 13.2 Å². The topological polar surface area (TPSA) is 124 Å². The Morgan fingerprint density at radius 2 is 2.32 bits per heavy atom. The van der Waals surface area contributed by atoms with Crippen LogP contribution < -0.4 is 11.2 Å². The largest absolute Gasteiger partial charge is 0.465 e. The fraction of sp³-hybridized carbons (Fsp3) is 0.0909. The molecule has 1 rings (SSSR count). The smallest absolute Gasteiger partial charge is 0.340 e. The van der Waals surface area contributed by atoms with Crippen LogP contribution in [0.2, 0.25) is 0 Å². The van der Waals surface area contributed by atoms with Crippen molar-refractivity contribution in [3.63, 3.8) is 0 Å². The Kier molecular flexibility index (Phi) is 4.54. The minimum atomic E-state index is -0.836. The van der Waals surface area contributed by atoms with E-state index in [1.165, 1.54) is 12.1 Å². The zero-order valence-corrected chi connectivity index (χ0v) is 9.90. The Hall–Kier alpha value is -2.95. The van der Waals surface area contributed by atoms with E-state index in [2.05, 4.69) is 15.3 Å². The maximum Gasteiger partial charge on any atom is 0.340 e. The standard InChI is InChI=1S/C11H10FN5O2/c1-19-11(18)7-4-6(2-3-8(7)12)16-17-9(5-13)10(14)15/h2-4,16H,1H3,(H3,14,15)/b17-9+. The molecule has 98 valence electrons. The first-order valence-electron chi connectivity index (χ1n) is 4.95. The van der Waals surface area contributed by atoms with E-state index in [0.29, 0.717) is 0 Å². The molecule has 0 spiro atoms. The number of rotatable bonds is 4. The molecule has 0 aliphatic heterocycles. The molecular weight excluding hydrogens is 253 g/mol. The molecular formula is C11H10FN5O2. The predicted octanol–water partition coefficient (Wildman–Crippen LogP) is 0.840. The van der Waals surface area contributed by atoms with Gasteiger partial charge in [-0.2, -0.15) is 10.4 Å². The highest BCUT2D eigenvalue weighted by Gasteiger charge is 2.12. The van der Waals surface area contributed by atoms with Gasteiger partial charge in [0.25, 0.3) is 0 Å². The van der Waals surface area contributed by atoms with E-state index in [-0.39, 0.29) is 17.0 Å². The second kappa shape index (κ2) is 6.11. The molecule has 0 bridgehead atoms. The van der Waals surface area contributed by atoms with Gasteiger partial charge in [-0.25, -0.2) is 9.18 Å². The number of methoxy groups -OCH3 is 1. The summed E-state index contributed by atoms with van der Waals surface area (Å²) in [5.41, 5.74) is 7.13. The van der Waals surface area contributed by atoms with Gasteiger partial charge in [0, 0.05) is 0 Å². The second-order valence-corrected chi connectivity index (χ2v) is 3.28. The number of hydrazone groups is 1. The third kappa shape index (κ3) is 3.50. The number of hydrogen-bond acceptors (Lipinski definition) is 6. The van der Waals surface area contributed by atoms with Crippen LogP contribution in [0.15, 0.2) is 23.3 Å². The first-order chi connectivity index (χ1) is 8.99. The van der Waals surface area contributed by atoms with Crippen LogP contribution in [0.4, 0.5) is 10.1 Å². The minimum Gasteiger partial charge on any atom is -0.465 e. The summed E-state index contributed by atoms with van der Waals surface area (Å²) in [6, 6.07) is 5.12. The lowest BCUT2D eigenvalue weighted by Crippen LogP contribution is -2.21. The number of nitrogens with one attached hydrogen (secondary N) is 2. The summed E-state index contributed by atoms with van der Waals surface area (Å²) >= 11 is 0. The first kappa shape index (κ1) is 14.1. The van der Waals surface area contributed by atoms with Crippen LogP contribution in [0.5, 0.6) is 0 Å². The third-order valence-corrected chi connectivity index (χ3v) is 2.03. The summed E-state index contributed by atoms with van der Waals surface area (Å²) in [7, 11) is 1.13. The number of nitrogens with zero attached hydrogens (tertiary/aromatic N) is 2. The molecule has 7 nitrogen and oxygen atoms in total. The van der Waals surface area contributed by atoms with Gasteiger partial charge >= 0.3 is 5.97 Å². The maximum absolute atomic E-state index is 13.3. The quantitative estimate of drug-likeness (QED) is 0.321. The molecule has 4 N–H and O–H groups in total. The van der Waals surface area contributed by atoms with Crippen LogP contribution in [-0.4, -0.2) is 24.6 Å². The van der Waals surface area contributed by atoms with Crippen molar-refractivity contribution < 1.29 is 13.9 Å². The predicted molar refractivity (Wildman–Crippen MR) is 66.3 cm³/mol. The molecule has 0 saturated carbocycles. The fourth-order valence-electron chi connectivity index (χ4n) is 1.13. The van der Waals surface area contributed by atoms with Crippen molar-refractivity contribution in [2.24, 2.45) is 10.8 Å². The third-order valence-electron chi connectivity index (χ3n) is 2.03. The average molecular weight is 263 g/mol. The van der Waals surface area contributed by atoms with Gasteiger partial charge < -0.3 is 10.5 Å². The number of hydrogen-bond donors (Lipinski definition) is 3. The van der Waals surface area contributed by atoms with Crippen LogP contribution in [-0.2, 0) is 4.74 Å². The lowest BCUT2D eigenvalue weighted by atomic mass is 10.2. The molecule has 0 heterocycles. The summed E-state index contributed by atoms with van der Waals surface area (Å²) < 4.78 is 17.7. The van der Waals surface area contributed by atoms with E-state index in [9.17, 15) is 9.18 Å². The number of carbonyl (C=O) groups is 1. The van der Waals surface area contributed by atoms with E-state index in [1.54, 1.807) is 6.07 Å². The van der Waals surface area contributed by atoms with Crippen molar-refractivity contribution in [1.29, 1.82) is 10.7 Å². The van der Waals surface area contributed by atoms with Crippen LogP contribution in [0.3, 0.4) is 0 Å². The van der Waals surface area contributed by atoms with Crippen LogP contribution in [0.1, 0.15) is 10.4 Å². The number of anilines is 1. The molecule has 0 radical (unpaired) electrons. The summed E-state index contributed by atoms with van der Waals surface area (Å²) in [6.07, 6.45) is 0. The number of amidine groups is 1. The van der Waals surface area contributed by atoms with Crippen molar-refractivity contribution >= 4 is 23.2 Å². The zero-order valence-electron chi connectivity index (χ0n) is 9.90. The molecule has 0 unspecified atom stereocenters. The molecule has 0 atom stereocenters. The number of benzene rings is 1. The fourth-order valence-corrected chi connectivity index (χ4v) is 1.13. The van der Waals surface area contributed by atoms with Gasteiger partial charge in [-0.3, -0.25) is 10.8 Å². The molecule has 0 saturated heterocycles. The number of esters is 1. The molecule has 8 heteroatoms. The first-order valence-corrected chi connectivity index (χ1v) is 4.95. The van der Waals surface area contributed by atoms with Crippen molar-refractivity contribution in [3.8, 4) is 6.07 Å². The van der Waals surface area contributed by atoms with E-state index >= 15 is 0 Å². The SMILES string of the molecule is COC(=O)c1cc(N/N=C(\C#N)C(=N)N)ccc1F. The van der Waals surface area contributed by atoms with Gasteiger partial charge in [-0.15, -0.1) is 0 Å². The van der Waals surface area contributed by atoms with Crippen molar-refractivity contribution in [2.45, 2.75) is 0 Å². The maximum atomic E-state index is 13.3. The zero-order chi connectivity index (χ0) is 14.4. The van der Waals surface area contributed by atoms with Gasteiger partial charge in [0.15, 0.2) is 5.84 Å². The highest BCUT2D eigenvalue weighted by atomic mass is 19.1. The number of nitrogens with two attached hydrogens (primary N) is 1. The number of carbonyl (C=O) groups excluding carboxylic acids is 1.